The molecule has 0 unspecified atom stereocenters. The average Bonchev–Trinajstić information content (AvgIpc) is 2.91. The van der Waals surface area contributed by atoms with E-state index in [1.807, 2.05) is 12.1 Å². The van der Waals surface area contributed by atoms with Crippen molar-refractivity contribution in [3.63, 3.8) is 0 Å². The molecule has 17 heavy (non-hydrogen) atoms. The smallest absolute Gasteiger partial charge is 0.101 e. The fourth-order valence-corrected chi connectivity index (χ4v) is 3.36. The predicted molar refractivity (Wildman–Crippen MR) is 71.0 cm³/mol. The van der Waals surface area contributed by atoms with Crippen LogP contribution >= 0.6 is 15.9 Å². The van der Waals surface area contributed by atoms with Crippen LogP contribution in [-0.4, -0.2) is 25.7 Å². The molecule has 0 saturated carbocycles. The maximum Gasteiger partial charge on any atom is 0.101 e. The van der Waals surface area contributed by atoms with Gasteiger partial charge >= 0.3 is 0 Å². The molecule has 4 heteroatoms. The Hall–Kier alpha value is -1.05. The average molecular weight is 292 g/mol. The van der Waals surface area contributed by atoms with Crippen LogP contribution in [0.1, 0.15) is 12.0 Å². The van der Waals surface area contributed by atoms with Crippen molar-refractivity contribution in [2.45, 2.75) is 12.5 Å². The highest BCUT2D eigenvalue weighted by Crippen LogP contribution is 2.34. The molecule has 2 aliphatic rings. The summed E-state index contributed by atoms with van der Waals surface area (Å²) >= 11 is 3.42. The van der Waals surface area contributed by atoms with Crippen LogP contribution in [0.5, 0.6) is 0 Å². The Labute approximate surface area is 110 Å². The Balaban J connectivity index is 1.97. The lowest BCUT2D eigenvalue weighted by Gasteiger charge is -2.26. The molecule has 3 rings (SSSR count). The largest absolute Gasteiger partial charge is 0.366 e. The molecule has 1 aromatic rings. The first kappa shape index (κ1) is 11.1. The van der Waals surface area contributed by atoms with Gasteiger partial charge in [0.1, 0.15) is 6.07 Å². The number of nitrogens with zero attached hydrogens (tertiary/aromatic N) is 2. The van der Waals surface area contributed by atoms with Crippen molar-refractivity contribution < 1.29 is 0 Å². The third kappa shape index (κ3) is 1.84. The van der Waals surface area contributed by atoms with E-state index >= 15 is 0 Å². The number of nitrogens with one attached hydrogen (secondary N) is 1. The van der Waals surface area contributed by atoms with Crippen molar-refractivity contribution in [2.24, 2.45) is 5.92 Å². The Kier molecular flexibility index (Phi) is 2.81. The van der Waals surface area contributed by atoms with Crippen molar-refractivity contribution in [3.8, 4) is 6.07 Å². The molecule has 2 fully saturated rings. The first-order valence-corrected chi connectivity index (χ1v) is 6.76. The summed E-state index contributed by atoms with van der Waals surface area (Å²) < 4.78 is 0.970. The zero-order chi connectivity index (χ0) is 11.8. The fourth-order valence-electron chi connectivity index (χ4n) is 3.00. The van der Waals surface area contributed by atoms with E-state index in [0.717, 1.165) is 41.3 Å². The second-order valence-corrected chi connectivity index (χ2v) is 5.66. The van der Waals surface area contributed by atoms with Crippen LogP contribution < -0.4 is 10.2 Å². The van der Waals surface area contributed by atoms with Gasteiger partial charge in [-0.1, -0.05) is 15.9 Å². The van der Waals surface area contributed by atoms with E-state index in [2.05, 4.69) is 38.3 Å². The van der Waals surface area contributed by atoms with Crippen LogP contribution in [0.2, 0.25) is 0 Å². The lowest BCUT2D eigenvalue weighted by atomic mass is 10.0. The van der Waals surface area contributed by atoms with Crippen LogP contribution in [-0.2, 0) is 0 Å². The second kappa shape index (κ2) is 4.32. The van der Waals surface area contributed by atoms with E-state index in [9.17, 15) is 5.26 Å². The predicted octanol–water partition coefficient (Wildman–Crippen LogP) is 2.12. The molecule has 2 saturated heterocycles. The standard InChI is InChI=1S/C13H14BrN3/c14-11-1-2-12(10(5-11)6-15)17-4-3-9-7-16-8-13(9)17/h1-2,5,9,13,16H,3-4,7-8H2/t9-,13+/m0/s1. The van der Waals surface area contributed by atoms with Crippen LogP contribution in [0.25, 0.3) is 0 Å². The topological polar surface area (TPSA) is 39.1 Å². The minimum absolute atomic E-state index is 0.572. The van der Waals surface area contributed by atoms with Crippen LogP contribution in [0.4, 0.5) is 5.69 Å². The number of nitriles is 1. The quantitative estimate of drug-likeness (QED) is 0.861. The molecule has 0 aliphatic carbocycles. The highest BCUT2D eigenvalue weighted by molar-refractivity contribution is 9.10. The van der Waals surface area contributed by atoms with Crippen molar-refractivity contribution in [1.29, 1.82) is 5.26 Å². The van der Waals surface area contributed by atoms with Gasteiger partial charge in [-0.2, -0.15) is 5.26 Å². The van der Waals surface area contributed by atoms with E-state index in [4.69, 9.17) is 0 Å². The molecule has 2 atom stereocenters. The Morgan fingerprint density at radius 2 is 2.29 bits per heavy atom. The number of halogens is 1. The summed E-state index contributed by atoms with van der Waals surface area (Å²) in [6, 6.07) is 8.86. The molecular formula is C13H14BrN3. The molecule has 88 valence electrons. The van der Waals surface area contributed by atoms with E-state index in [1.54, 1.807) is 0 Å². The van der Waals surface area contributed by atoms with E-state index in [1.165, 1.54) is 6.42 Å². The van der Waals surface area contributed by atoms with Gasteiger partial charge in [-0.05, 0) is 30.5 Å². The van der Waals surface area contributed by atoms with Crippen LogP contribution in [0.15, 0.2) is 22.7 Å². The zero-order valence-corrected chi connectivity index (χ0v) is 11.1. The SMILES string of the molecule is N#Cc1cc(Br)ccc1N1CC[C@H]2CNC[C@H]21. The highest BCUT2D eigenvalue weighted by Gasteiger charge is 2.38. The summed E-state index contributed by atoms with van der Waals surface area (Å²) in [4.78, 5) is 2.40. The first-order chi connectivity index (χ1) is 8.29. The third-order valence-corrected chi connectivity index (χ3v) is 4.33. The number of rotatable bonds is 1. The normalized spacial score (nSPS) is 26.9. The van der Waals surface area contributed by atoms with Crippen molar-refractivity contribution in [3.05, 3.63) is 28.2 Å². The Morgan fingerprint density at radius 1 is 1.41 bits per heavy atom. The van der Waals surface area contributed by atoms with Gasteiger partial charge < -0.3 is 10.2 Å². The Morgan fingerprint density at radius 3 is 3.12 bits per heavy atom. The summed E-state index contributed by atoms with van der Waals surface area (Å²) in [7, 11) is 0. The van der Waals surface area contributed by atoms with Crippen molar-refractivity contribution in [1.82, 2.24) is 5.32 Å². The summed E-state index contributed by atoms with van der Waals surface area (Å²) in [5, 5.41) is 12.7. The van der Waals surface area contributed by atoms with Gasteiger partial charge in [0.05, 0.1) is 11.3 Å². The first-order valence-electron chi connectivity index (χ1n) is 5.96. The minimum atomic E-state index is 0.572. The molecular weight excluding hydrogens is 278 g/mol. The van der Waals surface area contributed by atoms with Crippen molar-refractivity contribution in [2.75, 3.05) is 24.5 Å². The molecule has 0 amide bonds. The highest BCUT2D eigenvalue weighted by atomic mass is 79.9. The van der Waals surface area contributed by atoms with Gasteiger partial charge in [-0.3, -0.25) is 0 Å². The van der Waals surface area contributed by atoms with E-state index in [-0.39, 0.29) is 0 Å². The minimum Gasteiger partial charge on any atom is -0.366 e. The molecule has 2 heterocycles. The summed E-state index contributed by atoms with van der Waals surface area (Å²) in [5.41, 5.74) is 1.86. The van der Waals surface area contributed by atoms with Gasteiger partial charge in [0, 0.05) is 30.1 Å². The van der Waals surface area contributed by atoms with Crippen LogP contribution in [0.3, 0.4) is 0 Å². The van der Waals surface area contributed by atoms with Crippen LogP contribution in [0, 0.1) is 17.2 Å². The van der Waals surface area contributed by atoms with Gasteiger partial charge in [-0.15, -0.1) is 0 Å². The number of fused-ring (bicyclic) bond motifs is 1. The lowest BCUT2D eigenvalue weighted by Crippen LogP contribution is -2.34. The van der Waals surface area contributed by atoms with E-state index in [0.29, 0.717) is 6.04 Å². The molecule has 0 aromatic heterocycles. The molecule has 0 spiro atoms. The third-order valence-electron chi connectivity index (χ3n) is 3.83. The van der Waals surface area contributed by atoms with Gasteiger partial charge in [-0.25, -0.2) is 0 Å². The molecule has 3 nitrogen and oxygen atoms in total. The number of hydrogen-bond acceptors (Lipinski definition) is 3. The van der Waals surface area contributed by atoms with E-state index < -0.39 is 0 Å². The maximum atomic E-state index is 9.23. The summed E-state index contributed by atoms with van der Waals surface area (Å²) in [6.07, 6.45) is 1.23. The summed E-state index contributed by atoms with van der Waals surface area (Å²) in [5.74, 6) is 0.755. The van der Waals surface area contributed by atoms with Gasteiger partial charge in [0.25, 0.3) is 0 Å². The van der Waals surface area contributed by atoms with Crippen molar-refractivity contribution >= 4 is 21.6 Å². The number of benzene rings is 1. The zero-order valence-electron chi connectivity index (χ0n) is 9.49. The second-order valence-electron chi connectivity index (χ2n) is 4.74. The Bertz CT molecular complexity index is 480. The number of anilines is 1. The lowest BCUT2D eigenvalue weighted by molar-refractivity contribution is 0.578. The van der Waals surface area contributed by atoms with Gasteiger partial charge in [0.2, 0.25) is 0 Å². The molecule has 2 aliphatic heterocycles. The number of hydrogen-bond donors (Lipinski definition) is 1. The molecule has 0 bridgehead atoms. The summed E-state index contributed by atoms with van der Waals surface area (Å²) in [6.45, 7) is 3.25. The maximum absolute atomic E-state index is 9.23. The molecule has 1 aromatic carbocycles. The molecule has 1 N–H and O–H groups in total. The fraction of sp³-hybridized carbons (Fsp3) is 0.462. The monoisotopic (exact) mass is 291 g/mol. The molecule has 0 radical (unpaired) electrons. The van der Waals surface area contributed by atoms with Gasteiger partial charge in [0.15, 0.2) is 0 Å².